The number of nitrogens with one attached hydrogen (secondary N) is 1. The van der Waals surface area contributed by atoms with Crippen molar-refractivity contribution in [1.82, 2.24) is 14.5 Å². The summed E-state index contributed by atoms with van der Waals surface area (Å²) in [6, 6.07) is 0. The Labute approximate surface area is 121 Å². The molecule has 108 valence electrons. The van der Waals surface area contributed by atoms with E-state index in [2.05, 4.69) is 25.9 Å². The summed E-state index contributed by atoms with van der Waals surface area (Å²) in [7, 11) is 0. The summed E-state index contributed by atoms with van der Waals surface area (Å²) < 4.78 is 7.75. The van der Waals surface area contributed by atoms with Crippen LogP contribution in [0.2, 0.25) is 0 Å². The summed E-state index contributed by atoms with van der Waals surface area (Å²) in [6.07, 6.45) is 0.0417. The van der Waals surface area contributed by atoms with Crippen molar-refractivity contribution in [2.75, 3.05) is 12.3 Å². The molecule has 0 radical (unpaired) electrons. The molecule has 20 heavy (non-hydrogen) atoms. The van der Waals surface area contributed by atoms with Gasteiger partial charge in [-0.15, -0.1) is 0 Å². The third kappa shape index (κ3) is 2.03. The van der Waals surface area contributed by atoms with Crippen molar-refractivity contribution in [2.45, 2.75) is 24.9 Å². The van der Waals surface area contributed by atoms with E-state index in [-0.39, 0.29) is 18.1 Å². The summed E-state index contributed by atoms with van der Waals surface area (Å²) in [6.45, 7) is -0.270. The van der Waals surface area contributed by atoms with Gasteiger partial charge in [0.1, 0.15) is 12.3 Å². The maximum atomic E-state index is 11.9. The van der Waals surface area contributed by atoms with Crippen molar-refractivity contribution in [1.29, 1.82) is 0 Å². The SMILES string of the molecule is Nc1nc2c(c(Br)cn2[C@H]2C[C@H](O)[C@@H](CO)O2)c(=O)[nH]1. The smallest absolute Gasteiger partial charge is 0.262 e. The topological polar surface area (TPSA) is 126 Å². The number of anilines is 1. The van der Waals surface area contributed by atoms with E-state index in [1.807, 2.05) is 0 Å². The Kier molecular flexibility index (Phi) is 3.28. The Balaban J connectivity index is 2.11. The van der Waals surface area contributed by atoms with E-state index in [1.165, 1.54) is 0 Å². The largest absolute Gasteiger partial charge is 0.394 e. The maximum Gasteiger partial charge on any atom is 0.262 e. The van der Waals surface area contributed by atoms with Crippen molar-refractivity contribution >= 4 is 32.9 Å². The number of rotatable bonds is 2. The average Bonchev–Trinajstić information content (AvgIpc) is 2.90. The van der Waals surface area contributed by atoms with Crippen molar-refractivity contribution in [3.05, 3.63) is 21.0 Å². The van der Waals surface area contributed by atoms with Crippen molar-refractivity contribution in [3.8, 4) is 0 Å². The van der Waals surface area contributed by atoms with Crippen LogP contribution in [-0.2, 0) is 4.74 Å². The normalized spacial score (nSPS) is 26.4. The van der Waals surface area contributed by atoms with Crippen LogP contribution in [0.25, 0.3) is 11.0 Å². The van der Waals surface area contributed by atoms with E-state index in [1.54, 1.807) is 10.8 Å². The zero-order chi connectivity index (χ0) is 14.4. The Hall–Kier alpha value is -1.42. The number of nitrogen functional groups attached to an aromatic ring is 1. The molecule has 0 saturated carbocycles. The van der Waals surface area contributed by atoms with Gasteiger partial charge in [0.05, 0.1) is 22.6 Å². The van der Waals surface area contributed by atoms with Crippen LogP contribution in [-0.4, -0.2) is 43.6 Å². The first-order valence-corrected chi connectivity index (χ1v) is 6.80. The van der Waals surface area contributed by atoms with Gasteiger partial charge in [0.25, 0.3) is 5.56 Å². The zero-order valence-electron chi connectivity index (χ0n) is 10.3. The molecule has 8 nitrogen and oxygen atoms in total. The average molecular weight is 345 g/mol. The number of hydrogen-bond acceptors (Lipinski definition) is 6. The number of halogens is 1. The Morgan fingerprint density at radius 2 is 2.40 bits per heavy atom. The Morgan fingerprint density at radius 3 is 3.05 bits per heavy atom. The molecule has 0 spiro atoms. The van der Waals surface area contributed by atoms with E-state index in [9.17, 15) is 9.90 Å². The molecule has 1 aliphatic rings. The molecular formula is C11H13BrN4O4. The molecule has 2 aromatic heterocycles. The third-order valence-corrected chi connectivity index (χ3v) is 3.95. The van der Waals surface area contributed by atoms with Gasteiger partial charge in [0.15, 0.2) is 5.65 Å². The molecule has 3 heterocycles. The second-order valence-electron chi connectivity index (χ2n) is 4.65. The highest BCUT2D eigenvalue weighted by atomic mass is 79.9. The molecule has 0 aromatic carbocycles. The van der Waals surface area contributed by atoms with Gasteiger partial charge < -0.3 is 25.3 Å². The van der Waals surface area contributed by atoms with Gasteiger partial charge in [-0.2, -0.15) is 4.98 Å². The number of aliphatic hydroxyl groups is 2. The van der Waals surface area contributed by atoms with Crippen molar-refractivity contribution in [2.24, 2.45) is 0 Å². The third-order valence-electron chi connectivity index (χ3n) is 3.35. The van der Waals surface area contributed by atoms with Crippen LogP contribution in [0.5, 0.6) is 0 Å². The fraction of sp³-hybridized carbons (Fsp3) is 0.455. The minimum absolute atomic E-state index is 0.00611. The Bertz CT molecular complexity index is 712. The maximum absolute atomic E-state index is 11.9. The monoisotopic (exact) mass is 344 g/mol. The number of aliphatic hydroxyl groups excluding tert-OH is 2. The van der Waals surface area contributed by atoms with E-state index < -0.39 is 18.4 Å². The standard InChI is InChI=1S/C11H13BrN4O4/c12-4-2-16(7-1-5(18)6(3-17)20-7)9-8(4)10(19)15-11(13)14-9/h2,5-7,17-18H,1,3H2,(H3,13,14,15,19)/t5-,6+,7+/m0/s1. The molecule has 0 unspecified atom stereocenters. The van der Waals surface area contributed by atoms with E-state index in [0.717, 1.165) is 0 Å². The van der Waals surface area contributed by atoms with Gasteiger partial charge in [-0.1, -0.05) is 0 Å². The first-order valence-electron chi connectivity index (χ1n) is 6.01. The molecule has 1 saturated heterocycles. The number of ether oxygens (including phenoxy) is 1. The molecule has 5 N–H and O–H groups in total. The number of fused-ring (bicyclic) bond motifs is 1. The molecule has 9 heteroatoms. The van der Waals surface area contributed by atoms with E-state index in [4.69, 9.17) is 15.6 Å². The van der Waals surface area contributed by atoms with Crippen LogP contribution in [0.3, 0.4) is 0 Å². The minimum atomic E-state index is -0.763. The Morgan fingerprint density at radius 1 is 1.65 bits per heavy atom. The lowest BCUT2D eigenvalue weighted by Gasteiger charge is -2.14. The first-order chi connectivity index (χ1) is 9.51. The molecule has 1 aliphatic heterocycles. The predicted molar refractivity (Wildman–Crippen MR) is 74.1 cm³/mol. The lowest BCUT2D eigenvalue weighted by molar-refractivity contribution is -0.0430. The number of hydrogen-bond donors (Lipinski definition) is 4. The van der Waals surface area contributed by atoms with Gasteiger partial charge in [-0.3, -0.25) is 9.78 Å². The van der Waals surface area contributed by atoms with Crippen LogP contribution in [0, 0.1) is 0 Å². The molecule has 0 amide bonds. The first kappa shape index (κ1) is 13.6. The number of nitrogens with zero attached hydrogens (tertiary/aromatic N) is 2. The molecule has 3 atom stereocenters. The molecular weight excluding hydrogens is 332 g/mol. The fourth-order valence-corrected chi connectivity index (χ4v) is 2.98. The lowest BCUT2D eigenvalue weighted by Crippen LogP contribution is -2.24. The summed E-state index contributed by atoms with van der Waals surface area (Å²) in [4.78, 5) is 18.4. The second kappa shape index (κ2) is 4.85. The predicted octanol–water partition coefficient (Wildman–Crippen LogP) is -0.290. The van der Waals surface area contributed by atoms with Crippen LogP contribution < -0.4 is 11.3 Å². The van der Waals surface area contributed by atoms with Crippen molar-refractivity contribution in [3.63, 3.8) is 0 Å². The van der Waals surface area contributed by atoms with Gasteiger partial charge in [-0.05, 0) is 15.9 Å². The van der Waals surface area contributed by atoms with Gasteiger partial charge in [0, 0.05) is 12.6 Å². The van der Waals surface area contributed by atoms with Crippen molar-refractivity contribution < 1.29 is 14.9 Å². The fourth-order valence-electron chi connectivity index (χ4n) is 2.40. The van der Waals surface area contributed by atoms with Gasteiger partial charge >= 0.3 is 0 Å². The van der Waals surface area contributed by atoms with E-state index >= 15 is 0 Å². The highest BCUT2D eigenvalue weighted by Gasteiger charge is 2.35. The lowest BCUT2D eigenvalue weighted by atomic mass is 10.2. The number of H-pyrrole nitrogens is 1. The van der Waals surface area contributed by atoms with Gasteiger partial charge in [-0.25, -0.2) is 0 Å². The van der Waals surface area contributed by atoms with Crippen LogP contribution >= 0.6 is 15.9 Å². The molecule has 0 bridgehead atoms. The summed E-state index contributed by atoms with van der Waals surface area (Å²) >= 11 is 3.30. The van der Waals surface area contributed by atoms with Crippen LogP contribution in [0.1, 0.15) is 12.6 Å². The summed E-state index contributed by atoms with van der Waals surface area (Å²) in [5.41, 5.74) is 5.57. The molecule has 3 rings (SSSR count). The van der Waals surface area contributed by atoms with Crippen LogP contribution in [0.4, 0.5) is 5.95 Å². The second-order valence-corrected chi connectivity index (χ2v) is 5.50. The van der Waals surface area contributed by atoms with Crippen LogP contribution in [0.15, 0.2) is 15.5 Å². The highest BCUT2D eigenvalue weighted by Crippen LogP contribution is 2.33. The summed E-state index contributed by atoms with van der Waals surface area (Å²) in [5.74, 6) is 0.00611. The number of aromatic amines is 1. The number of nitrogens with two attached hydrogens (primary N) is 1. The van der Waals surface area contributed by atoms with Gasteiger partial charge in [0.2, 0.25) is 5.95 Å². The zero-order valence-corrected chi connectivity index (χ0v) is 11.9. The quantitative estimate of drug-likeness (QED) is 0.593. The van der Waals surface area contributed by atoms with E-state index in [0.29, 0.717) is 21.9 Å². The summed E-state index contributed by atoms with van der Waals surface area (Å²) in [5, 5.41) is 19.3. The highest BCUT2D eigenvalue weighted by molar-refractivity contribution is 9.10. The molecule has 0 aliphatic carbocycles. The molecule has 1 fully saturated rings. The number of aromatic nitrogens is 3. The minimum Gasteiger partial charge on any atom is -0.394 e. The molecule has 2 aromatic rings.